The largest absolute Gasteiger partial charge is 0.497 e. The van der Waals surface area contributed by atoms with E-state index in [1.54, 1.807) is 55.9 Å². The zero-order valence-electron chi connectivity index (χ0n) is 15.4. The van der Waals surface area contributed by atoms with Crippen LogP contribution in [0.4, 0.5) is 11.5 Å². The smallest absolute Gasteiger partial charge is 0.240 e. The third-order valence-corrected chi connectivity index (χ3v) is 5.24. The van der Waals surface area contributed by atoms with Crippen molar-refractivity contribution >= 4 is 32.4 Å². The molecule has 2 aromatic heterocycles. The van der Waals surface area contributed by atoms with Crippen LogP contribution in [0.15, 0.2) is 71.9 Å². The standard InChI is InChI=1S/C20H17N5O3S/c1-28-14-8-9-16-15(11-14)20(25-19(23-16)13-5-4-10-22-12-13)24-17-6-2-3-7-18(17)29(21,26)27/h2-12H,1H3,(H2,21,26,27)(H,23,24,25). The lowest BCUT2D eigenvalue weighted by molar-refractivity contribution is 0.415. The molecule has 4 rings (SSSR count). The molecule has 0 fully saturated rings. The number of nitrogens with zero attached hydrogens (tertiary/aromatic N) is 3. The number of fused-ring (bicyclic) bond motifs is 1. The van der Waals surface area contributed by atoms with E-state index >= 15 is 0 Å². The number of methoxy groups -OCH3 is 1. The fourth-order valence-electron chi connectivity index (χ4n) is 2.90. The minimum atomic E-state index is -3.92. The molecule has 0 atom stereocenters. The Labute approximate surface area is 167 Å². The second-order valence-corrected chi connectivity index (χ2v) is 7.72. The number of primary sulfonamides is 1. The van der Waals surface area contributed by atoms with Gasteiger partial charge in [0, 0.05) is 23.3 Å². The van der Waals surface area contributed by atoms with Crippen molar-refractivity contribution in [2.75, 3.05) is 12.4 Å². The molecular weight excluding hydrogens is 390 g/mol. The van der Waals surface area contributed by atoms with Crippen molar-refractivity contribution in [1.29, 1.82) is 0 Å². The van der Waals surface area contributed by atoms with E-state index in [0.717, 1.165) is 5.56 Å². The Bertz CT molecular complexity index is 1290. The van der Waals surface area contributed by atoms with Crippen molar-refractivity contribution in [2.24, 2.45) is 5.14 Å². The Hall–Kier alpha value is -3.56. The number of hydrogen-bond donors (Lipinski definition) is 2. The highest BCUT2D eigenvalue weighted by Crippen LogP contribution is 2.31. The molecule has 0 bridgehead atoms. The number of nitrogens with one attached hydrogen (secondary N) is 1. The van der Waals surface area contributed by atoms with Gasteiger partial charge in [0.15, 0.2) is 5.82 Å². The van der Waals surface area contributed by atoms with Gasteiger partial charge in [-0.2, -0.15) is 0 Å². The highest BCUT2D eigenvalue weighted by molar-refractivity contribution is 7.89. The van der Waals surface area contributed by atoms with E-state index in [9.17, 15) is 8.42 Å². The molecule has 9 heteroatoms. The van der Waals surface area contributed by atoms with Crippen molar-refractivity contribution in [3.05, 3.63) is 67.0 Å². The van der Waals surface area contributed by atoms with Crippen LogP contribution in [0.5, 0.6) is 5.75 Å². The quantitative estimate of drug-likeness (QED) is 0.521. The second-order valence-electron chi connectivity index (χ2n) is 6.19. The number of aromatic nitrogens is 3. The average Bonchev–Trinajstić information content (AvgIpc) is 2.73. The molecule has 8 nitrogen and oxygen atoms in total. The number of rotatable bonds is 5. The Morgan fingerprint density at radius 1 is 1.03 bits per heavy atom. The van der Waals surface area contributed by atoms with E-state index in [-0.39, 0.29) is 4.90 Å². The summed E-state index contributed by atoms with van der Waals surface area (Å²) < 4.78 is 29.3. The summed E-state index contributed by atoms with van der Waals surface area (Å²) in [6, 6.07) is 15.4. The van der Waals surface area contributed by atoms with Crippen LogP contribution in [0.3, 0.4) is 0 Å². The first-order valence-electron chi connectivity index (χ1n) is 8.61. The van der Waals surface area contributed by atoms with Crippen molar-refractivity contribution in [1.82, 2.24) is 15.0 Å². The summed E-state index contributed by atoms with van der Waals surface area (Å²) in [5.41, 5.74) is 1.71. The number of para-hydroxylation sites is 1. The molecule has 0 aliphatic rings. The topological polar surface area (TPSA) is 120 Å². The van der Waals surface area contributed by atoms with Crippen LogP contribution < -0.4 is 15.2 Å². The summed E-state index contributed by atoms with van der Waals surface area (Å²) in [4.78, 5) is 13.3. The van der Waals surface area contributed by atoms with Gasteiger partial charge in [0.25, 0.3) is 0 Å². The highest BCUT2D eigenvalue weighted by atomic mass is 32.2. The van der Waals surface area contributed by atoms with Crippen molar-refractivity contribution < 1.29 is 13.2 Å². The summed E-state index contributed by atoms with van der Waals surface area (Å²) in [6.07, 6.45) is 3.32. The van der Waals surface area contributed by atoms with Crippen LogP contribution in [-0.2, 0) is 10.0 Å². The average molecular weight is 407 g/mol. The van der Waals surface area contributed by atoms with Gasteiger partial charge in [-0.25, -0.2) is 23.5 Å². The van der Waals surface area contributed by atoms with Crippen molar-refractivity contribution in [3.8, 4) is 17.1 Å². The number of sulfonamides is 1. The molecule has 0 aliphatic carbocycles. The van der Waals surface area contributed by atoms with Crippen LogP contribution in [-0.4, -0.2) is 30.5 Å². The van der Waals surface area contributed by atoms with E-state index < -0.39 is 10.0 Å². The Balaban J connectivity index is 1.93. The lowest BCUT2D eigenvalue weighted by Crippen LogP contribution is -2.14. The minimum Gasteiger partial charge on any atom is -0.497 e. The second kappa shape index (κ2) is 7.46. The molecule has 0 unspecified atom stereocenters. The van der Waals surface area contributed by atoms with Crippen molar-refractivity contribution in [3.63, 3.8) is 0 Å². The molecule has 3 N–H and O–H groups in total. The monoisotopic (exact) mass is 407 g/mol. The summed E-state index contributed by atoms with van der Waals surface area (Å²) in [6.45, 7) is 0. The Morgan fingerprint density at radius 2 is 1.86 bits per heavy atom. The van der Waals surface area contributed by atoms with Gasteiger partial charge in [-0.3, -0.25) is 4.98 Å². The van der Waals surface area contributed by atoms with Crippen molar-refractivity contribution in [2.45, 2.75) is 4.90 Å². The summed E-state index contributed by atoms with van der Waals surface area (Å²) in [7, 11) is -2.36. The molecule has 0 amide bonds. The van der Waals surface area contributed by atoms with Gasteiger partial charge in [0.05, 0.1) is 18.3 Å². The molecule has 0 aliphatic heterocycles. The maximum absolute atomic E-state index is 12.0. The third kappa shape index (κ3) is 3.86. The van der Waals surface area contributed by atoms with Crippen LogP contribution in [0, 0.1) is 0 Å². The fourth-order valence-corrected chi connectivity index (χ4v) is 3.59. The van der Waals surface area contributed by atoms with Crippen LogP contribution in [0.25, 0.3) is 22.3 Å². The van der Waals surface area contributed by atoms with Gasteiger partial charge >= 0.3 is 0 Å². The number of benzene rings is 2. The zero-order valence-corrected chi connectivity index (χ0v) is 16.2. The zero-order chi connectivity index (χ0) is 20.4. The minimum absolute atomic E-state index is 0.0300. The fraction of sp³-hybridized carbons (Fsp3) is 0.0500. The predicted octanol–water partition coefficient (Wildman–Crippen LogP) is 3.09. The molecule has 29 heavy (non-hydrogen) atoms. The molecule has 2 aromatic carbocycles. The van der Waals surface area contributed by atoms with E-state index in [2.05, 4.69) is 20.3 Å². The van der Waals surface area contributed by atoms with Crippen LogP contribution >= 0.6 is 0 Å². The summed E-state index contributed by atoms with van der Waals surface area (Å²) in [5, 5.41) is 9.13. The number of nitrogens with two attached hydrogens (primary N) is 1. The van der Waals surface area contributed by atoms with E-state index in [4.69, 9.17) is 9.88 Å². The number of pyridine rings is 1. The normalized spacial score (nSPS) is 11.4. The number of ether oxygens (including phenoxy) is 1. The van der Waals surface area contributed by atoms with E-state index in [0.29, 0.717) is 34.0 Å². The Morgan fingerprint density at radius 3 is 2.59 bits per heavy atom. The number of hydrogen-bond acceptors (Lipinski definition) is 7. The Kier molecular flexibility index (Phi) is 4.83. The molecule has 0 saturated carbocycles. The maximum Gasteiger partial charge on any atom is 0.240 e. The van der Waals surface area contributed by atoms with Gasteiger partial charge in [-0.05, 0) is 42.5 Å². The SMILES string of the molecule is COc1ccc2nc(-c3cccnc3)nc(Nc3ccccc3S(N)(=O)=O)c2c1. The predicted molar refractivity (Wildman–Crippen MR) is 110 cm³/mol. The molecular formula is C20H17N5O3S. The van der Waals surface area contributed by atoms with E-state index in [1.165, 1.54) is 6.07 Å². The van der Waals surface area contributed by atoms with Gasteiger partial charge in [-0.15, -0.1) is 0 Å². The highest BCUT2D eigenvalue weighted by Gasteiger charge is 2.16. The van der Waals surface area contributed by atoms with Crippen LogP contribution in [0.1, 0.15) is 0 Å². The molecule has 2 heterocycles. The van der Waals surface area contributed by atoms with Gasteiger partial charge in [0.1, 0.15) is 16.5 Å². The third-order valence-electron chi connectivity index (χ3n) is 4.27. The van der Waals surface area contributed by atoms with E-state index in [1.807, 2.05) is 12.1 Å². The summed E-state index contributed by atoms with van der Waals surface area (Å²) in [5.74, 6) is 1.49. The van der Waals surface area contributed by atoms with Gasteiger partial charge in [0.2, 0.25) is 10.0 Å². The first-order valence-corrected chi connectivity index (χ1v) is 10.2. The first kappa shape index (κ1) is 18.8. The lowest BCUT2D eigenvalue weighted by Gasteiger charge is -2.14. The summed E-state index contributed by atoms with van der Waals surface area (Å²) >= 11 is 0. The maximum atomic E-state index is 12.0. The first-order chi connectivity index (χ1) is 14.0. The van der Waals surface area contributed by atoms with Gasteiger partial charge < -0.3 is 10.1 Å². The molecule has 0 saturated heterocycles. The molecule has 0 spiro atoms. The molecule has 146 valence electrons. The number of anilines is 2. The van der Waals surface area contributed by atoms with Gasteiger partial charge in [-0.1, -0.05) is 12.1 Å². The molecule has 0 radical (unpaired) electrons. The van der Waals surface area contributed by atoms with Crippen LogP contribution in [0.2, 0.25) is 0 Å². The molecule has 4 aromatic rings. The lowest BCUT2D eigenvalue weighted by atomic mass is 10.2.